The van der Waals surface area contributed by atoms with E-state index in [1.54, 1.807) is 38.4 Å². The van der Waals surface area contributed by atoms with Crippen LogP contribution >= 0.6 is 0 Å². The zero-order valence-corrected chi connectivity index (χ0v) is 31.9. The summed E-state index contributed by atoms with van der Waals surface area (Å²) in [6, 6.07) is 9.74. The van der Waals surface area contributed by atoms with Crippen molar-refractivity contribution in [1.29, 1.82) is 0 Å². The lowest BCUT2D eigenvalue weighted by Crippen LogP contribution is -2.02. The number of rotatable bonds is 6. The highest BCUT2D eigenvalue weighted by Gasteiger charge is 2.15. The number of aromatic nitrogens is 6. The van der Waals surface area contributed by atoms with Gasteiger partial charge in [0.2, 0.25) is 0 Å². The lowest BCUT2D eigenvalue weighted by Gasteiger charge is -2.14. The maximum absolute atomic E-state index is 9.87. The summed E-state index contributed by atoms with van der Waals surface area (Å²) in [6.45, 7) is 11.5. The first-order valence-electron chi connectivity index (χ1n) is 17.4. The number of hydrogen-bond donors (Lipinski definition) is 7. The fraction of sp³-hybridized carbons (Fsp3) is 0.190. The molecule has 0 amide bonds. The maximum Gasteiger partial charge on any atom is 0.187 e. The van der Waals surface area contributed by atoms with E-state index in [4.69, 9.17) is 20.9 Å². The third-order valence-electron chi connectivity index (χ3n) is 7.98. The summed E-state index contributed by atoms with van der Waals surface area (Å²) in [6.07, 6.45) is 6.37. The fourth-order valence-corrected chi connectivity index (χ4v) is 5.03. The first-order valence-corrected chi connectivity index (χ1v) is 17.4. The number of phenols is 5. The highest BCUT2D eigenvalue weighted by atomic mass is 16.5. The molecule has 6 aromatic rings. The molecule has 0 aliphatic carbocycles. The molecule has 290 valence electrons. The maximum atomic E-state index is 9.87. The number of nitrogens with zero attached hydrogens (tertiary/aromatic N) is 6. The highest BCUT2D eigenvalue weighted by molar-refractivity contribution is 5.59. The minimum atomic E-state index is -0.338. The van der Waals surface area contributed by atoms with Crippen LogP contribution in [0.15, 0.2) is 67.3 Å². The summed E-state index contributed by atoms with van der Waals surface area (Å²) < 4.78 is 11.9. The van der Waals surface area contributed by atoms with Crippen molar-refractivity contribution in [2.24, 2.45) is 0 Å². The van der Waals surface area contributed by atoms with Crippen LogP contribution in [0.5, 0.6) is 51.7 Å². The van der Waals surface area contributed by atoms with Gasteiger partial charge in [0, 0.05) is 53.9 Å². The fourth-order valence-electron chi connectivity index (χ4n) is 5.03. The Hall–Kier alpha value is -7.78. The predicted octanol–water partition coefficient (Wildman–Crippen LogP) is 6.68. The van der Waals surface area contributed by atoms with Gasteiger partial charge >= 0.3 is 0 Å². The number of aromatic hydroxyl groups is 5. The monoisotopic (exact) mass is 768 g/mol. The third-order valence-corrected chi connectivity index (χ3v) is 7.98. The van der Waals surface area contributed by atoms with Crippen LogP contribution in [0.1, 0.15) is 84.8 Å². The van der Waals surface area contributed by atoms with E-state index >= 15 is 0 Å². The third kappa shape index (κ3) is 10.5. The van der Waals surface area contributed by atoms with Gasteiger partial charge < -0.3 is 46.5 Å². The molecule has 0 radical (unpaired) electrons. The molecule has 4 aromatic heterocycles. The summed E-state index contributed by atoms with van der Waals surface area (Å²) in [5, 5.41) is 48.3. The molecule has 15 heteroatoms. The summed E-state index contributed by atoms with van der Waals surface area (Å²) in [4.78, 5) is 25.1. The second-order valence-corrected chi connectivity index (χ2v) is 13.1. The molecule has 0 aliphatic heterocycles. The van der Waals surface area contributed by atoms with Gasteiger partial charge in [0.25, 0.3) is 0 Å². The van der Waals surface area contributed by atoms with Gasteiger partial charge in [-0.3, -0.25) is 0 Å². The van der Waals surface area contributed by atoms with Crippen LogP contribution in [0.3, 0.4) is 0 Å². The molecule has 15 nitrogen and oxygen atoms in total. The first-order chi connectivity index (χ1) is 27.1. The number of nitrogen functional groups attached to an aromatic ring is 2. The van der Waals surface area contributed by atoms with Crippen LogP contribution in [0.2, 0.25) is 0 Å². The number of pyridine rings is 2. The zero-order valence-electron chi connectivity index (χ0n) is 31.9. The van der Waals surface area contributed by atoms with Gasteiger partial charge in [0.1, 0.15) is 68.8 Å². The van der Waals surface area contributed by atoms with Crippen molar-refractivity contribution < 1.29 is 35.0 Å². The Balaban J connectivity index is 0.000000218. The molecule has 6 rings (SSSR count). The molecule has 0 unspecified atom stereocenters. The van der Waals surface area contributed by atoms with Gasteiger partial charge in [-0.1, -0.05) is 39.5 Å². The normalized spacial score (nSPS) is 10.5. The minimum absolute atomic E-state index is 0.0174. The van der Waals surface area contributed by atoms with E-state index < -0.39 is 0 Å². The number of ether oxygens (including phenoxy) is 2. The van der Waals surface area contributed by atoms with Gasteiger partial charge in [-0.15, -0.1) is 0 Å². The quantitative estimate of drug-likeness (QED) is 0.0873. The molecular weight excluding hydrogens is 729 g/mol. The molecule has 9 N–H and O–H groups in total. The van der Waals surface area contributed by atoms with Gasteiger partial charge in [0.05, 0.1) is 18.0 Å². The van der Waals surface area contributed by atoms with Crippen LogP contribution in [0.25, 0.3) is 0 Å². The van der Waals surface area contributed by atoms with Crippen LogP contribution in [-0.4, -0.2) is 55.4 Å². The van der Waals surface area contributed by atoms with Crippen LogP contribution in [0.4, 0.5) is 11.6 Å². The Labute approximate surface area is 328 Å². The Morgan fingerprint density at radius 1 is 0.526 bits per heavy atom. The van der Waals surface area contributed by atoms with Crippen LogP contribution in [0, 0.1) is 37.5 Å². The van der Waals surface area contributed by atoms with Crippen LogP contribution in [-0.2, 0) is 0 Å². The standard InChI is InChI=1S/C21H20N4O4.C21H20N4O3/c1-11(2)16-9-24-13(4-5-15-17(27)7-14(26)8-18(15)28)6-19(16)29-20-10-23-12(3)25-21(20)22;1-12(2)17-10-24-15(6-4-14-5-7-16(26)9-18(14)27)8-19(17)28-20-11-23-13(3)25-21(20)22/h6-11,26-28H,1-3H3,(H2,22,23,25);5,7-12,26-27H,1-3H3,(H2,22,23,25). The average molecular weight is 769 g/mol. The van der Waals surface area contributed by atoms with E-state index in [1.807, 2.05) is 27.7 Å². The van der Waals surface area contributed by atoms with Crippen molar-refractivity contribution in [2.75, 3.05) is 11.5 Å². The molecule has 0 fully saturated rings. The number of hydrogen-bond acceptors (Lipinski definition) is 15. The average Bonchev–Trinajstić information content (AvgIpc) is 3.13. The molecule has 57 heavy (non-hydrogen) atoms. The largest absolute Gasteiger partial charge is 0.508 e. The van der Waals surface area contributed by atoms with E-state index in [9.17, 15) is 25.5 Å². The number of phenolic OH excluding ortho intramolecular Hbond substituents is 5. The van der Waals surface area contributed by atoms with Crippen molar-refractivity contribution in [1.82, 2.24) is 29.9 Å². The van der Waals surface area contributed by atoms with Crippen molar-refractivity contribution in [2.45, 2.75) is 53.4 Å². The molecule has 0 atom stereocenters. The Morgan fingerprint density at radius 3 is 1.42 bits per heavy atom. The predicted molar refractivity (Wildman–Crippen MR) is 212 cm³/mol. The molecule has 4 heterocycles. The smallest absolute Gasteiger partial charge is 0.187 e. The molecule has 0 spiro atoms. The van der Waals surface area contributed by atoms with Crippen LogP contribution < -0.4 is 20.9 Å². The van der Waals surface area contributed by atoms with Gasteiger partial charge in [-0.05, 0) is 49.7 Å². The second kappa shape index (κ2) is 17.6. The number of benzene rings is 2. The van der Waals surface area contributed by atoms with Gasteiger partial charge in [0.15, 0.2) is 23.1 Å². The number of nitrogens with two attached hydrogens (primary N) is 2. The van der Waals surface area contributed by atoms with E-state index in [2.05, 4.69) is 53.6 Å². The first kappa shape index (κ1) is 40.4. The summed E-state index contributed by atoms with van der Waals surface area (Å²) >= 11 is 0. The lowest BCUT2D eigenvalue weighted by atomic mass is 10.0. The lowest BCUT2D eigenvalue weighted by molar-refractivity contribution is 0.426. The van der Waals surface area contributed by atoms with Crippen molar-refractivity contribution in [3.05, 3.63) is 113 Å². The topological polar surface area (TPSA) is 249 Å². The number of aryl methyl sites for hydroxylation is 2. The van der Waals surface area contributed by atoms with E-state index in [0.717, 1.165) is 23.3 Å². The molecule has 0 saturated carbocycles. The Kier molecular flexibility index (Phi) is 12.5. The molecular formula is C42H40N8O7. The van der Waals surface area contributed by atoms with E-state index in [1.165, 1.54) is 30.6 Å². The van der Waals surface area contributed by atoms with Gasteiger partial charge in [-0.2, -0.15) is 0 Å². The van der Waals surface area contributed by atoms with Gasteiger partial charge in [-0.25, -0.2) is 29.9 Å². The molecule has 2 aromatic carbocycles. The SMILES string of the molecule is Cc1ncc(Oc2cc(C#Cc3c(O)cc(O)cc3O)ncc2C(C)C)c(N)n1.Cc1ncc(Oc2cc(C#Cc3ccc(O)cc3O)ncc2C(C)C)c(N)n1. The van der Waals surface area contributed by atoms with E-state index in [-0.39, 0.29) is 57.8 Å². The Bertz CT molecular complexity index is 2550. The van der Waals surface area contributed by atoms with Crippen molar-refractivity contribution in [3.8, 4) is 75.4 Å². The second-order valence-electron chi connectivity index (χ2n) is 13.1. The van der Waals surface area contributed by atoms with Crippen molar-refractivity contribution in [3.63, 3.8) is 0 Å². The summed E-state index contributed by atoms with van der Waals surface area (Å²) in [5.41, 5.74) is 14.7. The molecule has 0 saturated heterocycles. The molecule has 0 aliphatic rings. The number of anilines is 2. The summed E-state index contributed by atoms with van der Waals surface area (Å²) in [7, 11) is 0. The van der Waals surface area contributed by atoms with E-state index in [0.29, 0.717) is 51.6 Å². The summed E-state index contributed by atoms with van der Waals surface area (Å²) in [5.74, 6) is 13.7. The zero-order chi connectivity index (χ0) is 41.4. The molecule has 0 bridgehead atoms. The minimum Gasteiger partial charge on any atom is -0.508 e. The highest BCUT2D eigenvalue weighted by Crippen LogP contribution is 2.35. The van der Waals surface area contributed by atoms with Crippen molar-refractivity contribution >= 4 is 11.6 Å². The Morgan fingerprint density at radius 2 is 0.982 bits per heavy atom.